The Morgan fingerprint density at radius 1 is 1.42 bits per heavy atom. The zero-order chi connectivity index (χ0) is 13.7. The van der Waals surface area contributed by atoms with Gasteiger partial charge in [0.05, 0.1) is 7.11 Å². The third-order valence-electron chi connectivity index (χ3n) is 2.83. The van der Waals surface area contributed by atoms with E-state index >= 15 is 0 Å². The molecule has 0 aromatic carbocycles. The molecule has 19 heavy (non-hydrogen) atoms. The highest BCUT2D eigenvalue weighted by molar-refractivity contribution is 5.49. The van der Waals surface area contributed by atoms with Gasteiger partial charge in [-0.2, -0.15) is 4.98 Å². The van der Waals surface area contributed by atoms with Crippen LogP contribution in [0, 0.1) is 0 Å². The molecule has 0 saturated heterocycles. The standard InChI is InChI=1S/C12H17N5O2/c1-8(13-2)4-5-10-16-12(17-19-10)9-6-11(18-3)15-7-14-9/h6-8,13H,4-5H2,1-3H3. The summed E-state index contributed by atoms with van der Waals surface area (Å²) >= 11 is 0. The molecule has 102 valence electrons. The van der Waals surface area contributed by atoms with Crippen molar-refractivity contribution in [1.29, 1.82) is 0 Å². The molecule has 0 aliphatic carbocycles. The number of hydrogen-bond acceptors (Lipinski definition) is 7. The quantitative estimate of drug-likeness (QED) is 0.834. The number of aryl methyl sites for hydroxylation is 1. The predicted octanol–water partition coefficient (Wildman–Crippen LogP) is 1.08. The molecule has 2 rings (SSSR count). The van der Waals surface area contributed by atoms with Crippen molar-refractivity contribution in [2.45, 2.75) is 25.8 Å². The average molecular weight is 263 g/mol. The van der Waals surface area contributed by atoms with E-state index in [0.29, 0.717) is 29.3 Å². The highest BCUT2D eigenvalue weighted by atomic mass is 16.5. The lowest BCUT2D eigenvalue weighted by atomic mass is 10.2. The summed E-state index contributed by atoms with van der Waals surface area (Å²) in [7, 11) is 3.48. The van der Waals surface area contributed by atoms with Gasteiger partial charge in [0.2, 0.25) is 17.6 Å². The maximum Gasteiger partial charge on any atom is 0.227 e. The van der Waals surface area contributed by atoms with Gasteiger partial charge in [0.25, 0.3) is 0 Å². The number of hydrogen-bond donors (Lipinski definition) is 1. The van der Waals surface area contributed by atoms with Gasteiger partial charge in [-0.1, -0.05) is 5.16 Å². The molecule has 0 spiro atoms. The fraction of sp³-hybridized carbons (Fsp3) is 0.500. The van der Waals surface area contributed by atoms with Crippen LogP contribution in [0.3, 0.4) is 0 Å². The van der Waals surface area contributed by atoms with E-state index in [1.165, 1.54) is 6.33 Å². The first-order valence-corrected chi connectivity index (χ1v) is 6.09. The SMILES string of the molecule is CNC(C)CCc1nc(-c2cc(OC)ncn2)no1. The van der Waals surface area contributed by atoms with Gasteiger partial charge in [-0.05, 0) is 20.4 Å². The minimum Gasteiger partial charge on any atom is -0.481 e. The molecule has 0 amide bonds. The molecule has 0 aliphatic rings. The van der Waals surface area contributed by atoms with E-state index in [-0.39, 0.29) is 0 Å². The van der Waals surface area contributed by atoms with Crippen LogP contribution >= 0.6 is 0 Å². The van der Waals surface area contributed by atoms with E-state index in [1.807, 2.05) is 7.05 Å². The highest BCUT2D eigenvalue weighted by Crippen LogP contribution is 2.17. The monoisotopic (exact) mass is 263 g/mol. The molecule has 1 unspecified atom stereocenters. The predicted molar refractivity (Wildman–Crippen MR) is 68.7 cm³/mol. The summed E-state index contributed by atoms with van der Waals surface area (Å²) in [6, 6.07) is 2.08. The van der Waals surface area contributed by atoms with E-state index < -0.39 is 0 Å². The van der Waals surface area contributed by atoms with Crippen LogP contribution in [0.5, 0.6) is 5.88 Å². The van der Waals surface area contributed by atoms with Crippen LogP contribution < -0.4 is 10.1 Å². The molecule has 0 radical (unpaired) electrons. The summed E-state index contributed by atoms with van der Waals surface area (Å²) in [4.78, 5) is 12.3. The number of ether oxygens (including phenoxy) is 1. The molecular formula is C12H17N5O2. The van der Waals surface area contributed by atoms with Crippen molar-refractivity contribution in [3.63, 3.8) is 0 Å². The summed E-state index contributed by atoms with van der Waals surface area (Å²) in [5.41, 5.74) is 0.587. The maximum atomic E-state index is 5.20. The fourth-order valence-electron chi connectivity index (χ4n) is 1.52. The van der Waals surface area contributed by atoms with Crippen LogP contribution in [-0.4, -0.2) is 40.3 Å². The third kappa shape index (κ3) is 3.47. The molecule has 1 N–H and O–H groups in total. The van der Waals surface area contributed by atoms with Gasteiger partial charge >= 0.3 is 0 Å². The van der Waals surface area contributed by atoms with Gasteiger partial charge in [-0.3, -0.25) is 0 Å². The Bertz CT molecular complexity index is 528. The fourth-order valence-corrected chi connectivity index (χ4v) is 1.52. The minimum absolute atomic E-state index is 0.412. The lowest BCUT2D eigenvalue weighted by Crippen LogP contribution is -2.21. The van der Waals surface area contributed by atoms with E-state index in [2.05, 4.69) is 32.3 Å². The van der Waals surface area contributed by atoms with Gasteiger partial charge in [0.1, 0.15) is 12.0 Å². The van der Waals surface area contributed by atoms with Crippen LogP contribution in [0.25, 0.3) is 11.5 Å². The number of methoxy groups -OCH3 is 1. The van der Waals surface area contributed by atoms with Crippen LogP contribution in [-0.2, 0) is 6.42 Å². The molecule has 0 saturated carbocycles. The largest absolute Gasteiger partial charge is 0.481 e. The van der Waals surface area contributed by atoms with Crippen molar-refractivity contribution in [1.82, 2.24) is 25.4 Å². The van der Waals surface area contributed by atoms with Crippen molar-refractivity contribution >= 4 is 0 Å². The van der Waals surface area contributed by atoms with E-state index in [4.69, 9.17) is 9.26 Å². The Balaban J connectivity index is 2.07. The van der Waals surface area contributed by atoms with Crippen LogP contribution in [0.1, 0.15) is 19.2 Å². The van der Waals surface area contributed by atoms with Gasteiger partial charge in [0.15, 0.2) is 0 Å². The lowest BCUT2D eigenvalue weighted by Gasteiger charge is -2.06. The first kappa shape index (κ1) is 13.4. The smallest absolute Gasteiger partial charge is 0.227 e. The molecule has 2 heterocycles. The van der Waals surface area contributed by atoms with Gasteiger partial charge < -0.3 is 14.6 Å². The molecular weight excluding hydrogens is 246 g/mol. The topological polar surface area (TPSA) is 86.0 Å². The van der Waals surface area contributed by atoms with Crippen LogP contribution in [0.15, 0.2) is 16.9 Å². The molecule has 0 fully saturated rings. The molecule has 0 aliphatic heterocycles. The number of rotatable bonds is 6. The molecule has 7 nitrogen and oxygen atoms in total. The van der Waals surface area contributed by atoms with Crippen LogP contribution in [0.4, 0.5) is 0 Å². The highest BCUT2D eigenvalue weighted by Gasteiger charge is 2.11. The van der Waals surface area contributed by atoms with Crippen molar-refractivity contribution < 1.29 is 9.26 Å². The summed E-state index contributed by atoms with van der Waals surface area (Å²) in [5.74, 6) is 1.53. The van der Waals surface area contributed by atoms with Gasteiger partial charge in [-0.15, -0.1) is 0 Å². The first-order valence-electron chi connectivity index (χ1n) is 6.09. The van der Waals surface area contributed by atoms with E-state index in [9.17, 15) is 0 Å². The Morgan fingerprint density at radius 3 is 3.00 bits per heavy atom. The summed E-state index contributed by atoms with van der Waals surface area (Å²) < 4.78 is 10.2. The van der Waals surface area contributed by atoms with Crippen molar-refractivity contribution in [2.24, 2.45) is 0 Å². The van der Waals surface area contributed by atoms with Gasteiger partial charge in [0, 0.05) is 18.5 Å². The molecule has 1 atom stereocenters. The second-order valence-electron chi connectivity index (χ2n) is 4.19. The Hall–Kier alpha value is -2.02. The van der Waals surface area contributed by atoms with Gasteiger partial charge in [-0.25, -0.2) is 9.97 Å². The number of nitrogens with zero attached hydrogens (tertiary/aromatic N) is 4. The van der Waals surface area contributed by atoms with Crippen molar-refractivity contribution in [3.8, 4) is 17.4 Å². The molecule has 7 heteroatoms. The zero-order valence-electron chi connectivity index (χ0n) is 11.3. The summed E-state index contributed by atoms with van der Waals surface area (Å²) in [6.45, 7) is 2.10. The average Bonchev–Trinajstić information content (AvgIpc) is 2.93. The first-order chi connectivity index (χ1) is 9.22. The zero-order valence-corrected chi connectivity index (χ0v) is 11.3. The normalized spacial score (nSPS) is 12.4. The second-order valence-corrected chi connectivity index (χ2v) is 4.19. The Labute approximate surface area is 111 Å². The number of aromatic nitrogens is 4. The summed E-state index contributed by atoms with van der Waals surface area (Å²) in [5, 5.41) is 7.07. The molecule has 2 aromatic heterocycles. The molecule has 2 aromatic rings. The maximum absolute atomic E-state index is 5.20. The lowest BCUT2D eigenvalue weighted by molar-refractivity contribution is 0.369. The van der Waals surface area contributed by atoms with Crippen molar-refractivity contribution in [3.05, 3.63) is 18.3 Å². The Morgan fingerprint density at radius 2 is 2.26 bits per heavy atom. The van der Waals surface area contributed by atoms with Crippen molar-refractivity contribution in [2.75, 3.05) is 14.2 Å². The van der Waals surface area contributed by atoms with E-state index in [0.717, 1.165) is 12.8 Å². The third-order valence-corrected chi connectivity index (χ3v) is 2.83. The van der Waals surface area contributed by atoms with E-state index in [1.54, 1.807) is 13.2 Å². The minimum atomic E-state index is 0.412. The Kier molecular flexibility index (Phi) is 4.40. The second kappa shape index (κ2) is 6.24. The number of nitrogens with one attached hydrogen (secondary N) is 1. The summed E-state index contributed by atoms with van der Waals surface area (Å²) in [6.07, 6.45) is 3.08. The van der Waals surface area contributed by atoms with Crippen LogP contribution in [0.2, 0.25) is 0 Å². The molecule has 0 bridgehead atoms.